The van der Waals surface area contributed by atoms with Gasteiger partial charge >= 0.3 is 29.6 Å². The van der Waals surface area contributed by atoms with Crippen molar-refractivity contribution in [2.24, 2.45) is 0 Å². The minimum atomic E-state index is -4.67. The summed E-state index contributed by atoms with van der Waals surface area (Å²) in [6.07, 6.45) is -1.06. The Balaban J connectivity index is 0.00000121. The molecule has 1 fully saturated rings. The van der Waals surface area contributed by atoms with Crippen LogP contribution < -0.4 is 29.6 Å². The van der Waals surface area contributed by atoms with Crippen molar-refractivity contribution in [2.75, 3.05) is 6.61 Å². The summed E-state index contributed by atoms with van der Waals surface area (Å²) in [4.78, 5) is -2.22. The second kappa shape index (κ2) is 3.91. The molecule has 1 rings (SSSR count). The Morgan fingerprint density at radius 2 is 2.17 bits per heavy atom. The Kier molecular flexibility index (Phi) is 4.18. The van der Waals surface area contributed by atoms with E-state index in [0.29, 0.717) is 0 Å². The van der Waals surface area contributed by atoms with Gasteiger partial charge in [-0.05, 0) is 6.92 Å². The summed E-state index contributed by atoms with van der Waals surface area (Å²) in [5.74, 6) is 0. The third-order valence-electron chi connectivity index (χ3n) is 1.90. The molecule has 0 aromatic carbocycles. The molecule has 0 saturated carbocycles. The van der Waals surface area contributed by atoms with Gasteiger partial charge in [0.15, 0.2) is 4.93 Å². The van der Waals surface area contributed by atoms with Crippen LogP contribution >= 0.6 is 0 Å². The van der Waals surface area contributed by atoms with E-state index < -0.39 is 21.2 Å². The summed E-state index contributed by atoms with van der Waals surface area (Å²) in [5.41, 5.74) is 0. The van der Waals surface area contributed by atoms with Crippen molar-refractivity contribution in [1.82, 2.24) is 0 Å². The van der Waals surface area contributed by atoms with Crippen LogP contribution in [0.3, 0.4) is 0 Å². The Labute approximate surface area is 93.1 Å². The number of ether oxygens (including phenoxy) is 1. The van der Waals surface area contributed by atoms with E-state index in [0.717, 1.165) is 0 Å². The smallest absolute Gasteiger partial charge is 0.746 e. The number of rotatable bonds is 1. The van der Waals surface area contributed by atoms with Crippen LogP contribution in [0.25, 0.3) is 0 Å². The van der Waals surface area contributed by atoms with Crippen molar-refractivity contribution in [3.8, 4) is 0 Å². The number of aliphatic hydroxyl groups is 1. The van der Waals surface area contributed by atoms with Crippen molar-refractivity contribution in [2.45, 2.75) is 24.4 Å². The molecule has 7 heteroatoms. The Morgan fingerprint density at radius 1 is 1.67 bits per heavy atom. The molecule has 1 N–H and O–H groups in total. The van der Waals surface area contributed by atoms with Crippen molar-refractivity contribution in [1.29, 1.82) is 0 Å². The molecule has 12 heavy (non-hydrogen) atoms. The minimum absolute atomic E-state index is 0. The summed E-state index contributed by atoms with van der Waals surface area (Å²) in [6, 6.07) is 0. The topological polar surface area (TPSA) is 86.7 Å². The molecular weight excluding hydrogens is 195 g/mol. The first-order valence-electron chi connectivity index (χ1n) is 3.17. The Hall–Kier alpha value is 0.830. The van der Waals surface area contributed by atoms with E-state index in [-0.39, 0.29) is 42.6 Å². The molecule has 5 nitrogen and oxygen atoms in total. The molecule has 1 saturated heterocycles. The second-order valence-electron chi connectivity index (χ2n) is 2.56. The predicted molar refractivity (Wildman–Crippen MR) is 34.7 cm³/mol. The van der Waals surface area contributed by atoms with Crippen molar-refractivity contribution in [3.05, 3.63) is 0 Å². The standard InChI is InChI=1S/C5H10O5S.Na/c1-4-5(6,2-3-10-4)11(7,8)9;/h4,6H,2-3H2,1H3,(H,7,8,9);/q;+1/p-1. The summed E-state index contributed by atoms with van der Waals surface area (Å²) in [6.45, 7) is 1.47. The van der Waals surface area contributed by atoms with E-state index >= 15 is 0 Å². The predicted octanol–water partition coefficient (Wildman–Crippen LogP) is -3.97. The van der Waals surface area contributed by atoms with Gasteiger partial charge in [-0.1, -0.05) is 0 Å². The van der Waals surface area contributed by atoms with Gasteiger partial charge in [-0.3, -0.25) is 0 Å². The fourth-order valence-corrected chi connectivity index (χ4v) is 1.85. The van der Waals surface area contributed by atoms with Crippen LogP contribution in [-0.4, -0.2) is 35.7 Å². The van der Waals surface area contributed by atoms with Crippen LogP contribution in [0.4, 0.5) is 0 Å². The van der Waals surface area contributed by atoms with E-state index in [1.165, 1.54) is 6.92 Å². The van der Waals surface area contributed by atoms with Crippen LogP contribution in [0, 0.1) is 0 Å². The van der Waals surface area contributed by atoms with Gasteiger partial charge in [-0.25, -0.2) is 8.42 Å². The molecule has 2 atom stereocenters. The fraction of sp³-hybridized carbons (Fsp3) is 1.00. The van der Waals surface area contributed by atoms with Gasteiger partial charge in [0.1, 0.15) is 10.1 Å². The molecule has 0 radical (unpaired) electrons. The largest absolute Gasteiger partial charge is 1.00 e. The van der Waals surface area contributed by atoms with E-state index in [1.54, 1.807) is 0 Å². The zero-order valence-electron chi connectivity index (χ0n) is 6.98. The first-order valence-corrected chi connectivity index (χ1v) is 4.58. The van der Waals surface area contributed by atoms with Crippen molar-refractivity contribution in [3.63, 3.8) is 0 Å². The minimum Gasteiger partial charge on any atom is -0.746 e. The quantitative estimate of drug-likeness (QED) is 0.348. The molecule has 2 unspecified atom stereocenters. The molecule has 66 valence electrons. The second-order valence-corrected chi connectivity index (χ2v) is 4.18. The van der Waals surface area contributed by atoms with Crippen molar-refractivity contribution >= 4 is 10.1 Å². The first kappa shape index (κ1) is 12.8. The summed E-state index contributed by atoms with van der Waals surface area (Å²) in [5, 5.41) is 9.27. The molecule has 1 aliphatic rings. The molecule has 0 aromatic rings. The van der Waals surface area contributed by atoms with Gasteiger partial charge in [0, 0.05) is 6.42 Å². The zero-order valence-corrected chi connectivity index (χ0v) is 9.80. The number of hydrogen-bond donors (Lipinski definition) is 1. The Morgan fingerprint density at radius 3 is 2.33 bits per heavy atom. The molecule has 0 spiro atoms. The van der Waals surface area contributed by atoms with E-state index in [1.807, 2.05) is 0 Å². The molecule has 0 amide bonds. The average Bonchev–Trinajstić information content (AvgIpc) is 2.12. The zero-order chi connectivity index (χ0) is 8.70. The third-order valence-corrected chi connectivity index (χ3v) is 3.30. The van der Waals surface area contributed by atoms with Crippen LogP contribution in [0.1, 0.15) is 13.3 Å². The van der Waals surface area contributed by atoms with E-state index in [9.17, 15) is 18.1 Å². The van der Waals surface area contributed by atoms with Crippen LogP contribution in [0.15, 0.2) is 0 Å². The third kappa shape index (κ3) is 2.01. The van der Waals surface area contributed by atoms with Gasteiger partial charge in [-0.2, -0.15) is 0 Å². The molecule has 0 bridgehead atoms. The van der Waals surface area contributed by atoms with Gasteiger partial charge in [-0.15, -0.1) is 0 Å². The summed E-state index contributed by atoms with van der Waals surface area (Å²) < 4.78 is 36.2. The monoisotopic (exact) mass is 204 g/mol. The van der Waals surface area contributed by atoms with E-state index in [2.05, 4.69) is 0 Å². The van der Waals surface area contributed by atoms with Gasteiger partial charge < -0.3 is 14.4 Å². The first-order chi connectivity index (χ1) is 4.88. The van der Waals surface area contributed by atoms with Gasteiger partial charge in [0.05, 0.1) is 12.7 Å². The Bertz CT molecular complexity index is 251. The summed E-state index contributed by atoms with van der Waals surface area (Å²) >= 11 is 0. The maximum Gasteiger partial charge on any atom is 1.00 e. The average molecular weight is 204 g/mol. The van der Waals surface area contributed by atoms with Crippen LogP contribution in [-0.2, 0) is 14.9 Å². The molecule has 0 aliphatic carbocycles. The SMILES string of the molecule is CC1OCCC1(O)S(=O)(=O)[O-].[Na+]. The van der Waals surface area contributed by atoms with Crippen molar-refractivity contribution < 1.29 is 52.4 Å². The maximum absolute atomic E-state index is 10.5. The van der Waals surface area contributed by atoms with E-state index in [4.69, 9.17) is 4.74 Å². The maximum atomic E-state index is 10.5. The molecule has 1 heterocycles. The van der Waals surface area contributed by atoms with Crippen LogP contribution in [0.2, 0.25) is 0 Å². The summed E-state index contributed by atoms with van der Waals surface area (Å²) in [7, 11) is -4.67. The number of hydrogen-bond acceptors (Lipinski definition) is 5. The molecule has 1 aliphatic heterocycles. The fourth-order valence-electron chi connectivity index (χ4n) is 1.04. The molecule has 0 aromatic heterocycles. The normalized spacial score (nSPS) is 36.1. The van der Waals surface area contributed by atoms with Gasteiger partial charge in [0.25, 0.3) is 0 Å². The van der Waals surface area contributed by atoms with Gasteiger partial charge in [0.2, 0.25) is 0 Å². The molecular formula is C5H9NaO5S. The van der Waals surface area contributed by atoms with Crippen LogP contribution in [0.5, 0.6) is 0 Å².